The van der Waals surface area contributed by atoms with Crippen LogP contribution in [-0.2, 0) is 0 Å². The molecule has 2 aromatic rings. The number of rotatable bonds is 4. The smallest absolute Gasteiger partial charge is 0.0954 e. The average molecular weight is 282 g/mol. The van der Waals surface area contributed by atoms with Crippen molar-refractivity contribution in [3.8, 4) is 0 Å². The molecule has 0 saturated carbocycles. The molecule has 0 bridgehead atoms. The van der Waals surface area contributed by atoms with Gasteiger partial charge in [0.15, 0.2) is 0 Å². The minimum Gasteiger partial charge on any atom is -0.376 e. The topological polar surface area (TPSA) is 37.8 Å². The normalized spacial score (nSPS) is 12.7. The maximum Gasteiger partial charge on any atom is 0.0954 e. The first-order valence-corrected chi connectivity index (χ1v) is 7.15. The second-order valence-corrected chi connectivity index (χ2v) is 5.78. The Morgan fingerprint density at radius 3 is 2.72 bits per heavy atom. The molecule has 2 aromatic heterocycles. The molecule has 3 nitrogen and oxygen atoms in total. The van der Waals surface area contributed by atoms with Crippen molar-refractivity contribution >= 4 is 28.6 Å². The van der Waals surface area contributed by atoms with Gasteiger partial charge in [-0.15, -0.1) is 11.3 Å². The molecule has 0 aromatic carbocycles. The van der Waals surface area contributed by atoms with Crippen molar-refractivity contribution in [1.82, 2.24) is 9.97 Å². The highest BCUT2D eigenvalue weighted by Crippen LogP contribution is 2.27. The summed E-state index contributed by atoms with van der Waals surface area (Å²) in [5, 5.41) is 7.24. The molecule has 1 N–H and O–H groups in total. The van der Waals surface area contributed by atoms with Crippen LogP contribution in [0.1, 0.15) is 43.4 Å². The Morgan fingerprint density at radius 1 is 1.33 bits per heavy atom. The molecule has 0 radical (unpaired) electrons. The van der Waals surface area contributed by atoms with Gasteiger partial charge >= 0.3 is 0 Å². The molecular weight excluding hydrogens is 266 g/mol. The molecule has 1 unspecified atom stereocenters. The third-order valence-electron chi connectivity index (χ3n) is 2.62. The van der Waals surface area contributed by atoms with Crippen molar-refractivity contribution < 1.29 is 0 Å². The zero-order valence-electron chi connectivity index (χ0n) is 10.6. The summed E-state index contributed by atoms with van der Waals surface area (Å²) in [6, 6.07) is 2.00. The van der Waals surface area contributed by atoms with E-state index in [0.29, 0.717) is 10.9 Å². The van der Waals surface area contributed by atoms with Crippen LogP contribution in [0.2, 0.25) is 5.02 Å². The number of nitrogens with one attached hydrogen (secondary N) is 1. The number of hydrogen-bond donors (Lipinski definition) is 1. The minimum absolute atomic E-state index is 0.133. The van der Waals surface area contributed by atoms with Crippen LogP contribution in [0.15, 0.2) is 23.8 Å². The number of anilines is 1. The van der Waals surface area contributed by atoms with Gasteiger partial charge in [0.05, 0.1) is 27.5 Å². The zero-order valence-corrected chi connectivity index (χ0v) is 12.2. The van der Waals surface area contributed by atoms with Crippen LogP contribution in [0.5, 0.6) is 0 Å². The van der Waals surface area contributed by atoms with E-state index in [1.807, 2.05) is 6.07 Å². The fourth-order valence-corrected chi connectivity index (χ4v) is 2.67. The van der Waals surface area contributed by atoms with Crippen LogP contribution in [0.4, 0.5) is 5.69 Å². The molecule has 18 heavy (non-hydrogen) atoms. The maximum atomic E-state index is 6.07. The second-order valence-electron chi connectivity index (χ2n) is 4.49. The highest BCUT2D eigenvalue weighted by Gasteiger charge is 2.12. The van der Waals surface area contributed by atoms with E-state index in [1.54, 1.807) is 23.7 Å². The summed E-state index contributed by atoms with van der Waals surface area (Å²) < 4.78 is 0. The molecule has 0 spiro atoms. The van der Waals surface area contributed by atoms with E-state index in [9.17, 15) is 0 Å². The number of nitrogens with zero attached hydrogens (tertiary/aromatic N) is 2. The van der Waals surface area contributed by atoms with Gasteiger partial charge in [-0.3, -0.25) is 4.98 Å². The molecule has 0 aliphatic rings. The van der Waals surface area contributed by atoms with Gasteiger partial charge in [0.2, 0.25) is 0 Å². The lowest BCUT2D eigenvalue weighted by Gasteiger charge is -2.14. The second kappa shape index (κ2) is 5.67. The summed E-state index contributed by atoms with van der Waals surface area (Å²) in [5.74, 6) is 0.473. The number of aromatic nitrogens is 2. The fraction of sp³-hybridized carbons (Fsp3) is 0.385. The molecule has 0 amide bonds. The quantitative estimate of drug-likeness (QED) is 0.897. The van der Waals surface area contributed by atoms with E-state index in [-0.39, 0.29) is 6.04 Å². The van der Waals surface area contributed by atoms with Crippen molar-refractivity contribution in [3.63, 3.8) is 0 Å². The van der Waals surface area contributed by atoms with Crippen molar-refractivity contribution in [2.24, 2.45) is 0 Å². The van der Waals surface area contributed by atoms with E-state index < -0.39 is 0 Å². The number of pyridine rings is 1. The first kappa shape index (κ1) is 13.3. The van der Waals surface area contributed by atoms with E-state index in [0.717, 1.165) is 11.4 Å². The van der Waals surface area contributed by atoms with Crippen LogP contribution < -0.4 is 5.32 Å². The molecule has 2 rings (SSSR count). The van der Waals surface area contributed by atoms with Crippen molar-refractivity contribution in [1.29, 1.82) is 0 Å². The predicted octanol–water partition coefficient (Wildman–Crippen LogP) is 4.49. The maximum absolute atomic E-state index is 6.07. The van der Waals surface area contributed by atoms with Gasteiger partial charge in [-0.1, -0.05) is 25.4 Å². The van der Waals surface area contributed by atoms with Crippen LogP contribution in [0.25, 0.3) is 0 Å². The lowest BCUT2D eigenvalue weighted by molar-refractivity contribution is 0.801. The molecular formula is C13H16ClN3S. The molecule has 1 atom stereocenters. The Labute approximate surface area is 116 Å². The molecule has 0 aliphatic heterocycles. The Kier molecular flexibility index (Phi) is 4.19. The predicted molar refractivity (Wildman–Crippen MR) is 77.5 cm³/mol. The lowest BCUT2D eigenvalue weighted by atomic mass is 10.2. The van der Waals surface area contributed by atoms with E-state index in [1.165, 1.54) is 5.01 Å². The fourth-order valence-electron chi connectivity index (χ4n) is 1.56. The lowest BCUT2D eigenvalue weighted by Crippen LogP contribution is -2.07. The van der Waals surface area contributed by atoms with Crippen LogP contribution in [0.3, 0.4) is 0 Å². The molecule has 0 aliphatic carbocycles. The van der Waals surface area contributed by atoms with Gasteiger partial charge in [-0.2, -0.15) is 0 Å². The summed E-state index contributed by atoms with van der Waals surface area (Å²) >= 11 is 7.77. The van der Waals surface area contributed by atoms with Gasteiger partial charge in [-0.25, -0.2) is 4.98 Å². The third kappa shape index (κ3) is 3.00. The van der Waals surface area contributed by atoms with Crippen molar-refractivity contribution in [2.45, 2.75) is 32.7 Å². The average Bonchev–Trinajstić information content (AvgIpc) is 2.81. The molecule has 5 heteroatoms. The molecule has 0 saturated heterocycles. The molecule has 0 fully saturated rings. The summed E-state index contributed by atoms with van der Waals surface area (Å²) in [4.78, 5) is 8.60. The van der Waals surface area contributed by atoms with Crippen LogP contribution >= 0.6 is 22.9 Å². The summed E-state index contributed by atoms with van der Waals surface area (Å²) in [5.41, 5.74) is 1.94. The molecule has 2 heterocycles. The third-order valence-corrected chi connectivity index (χ3v) is 4.09. The summed E-state index contributed by atoms with van der Waals surface area (Å²) in [6.07, 6.45) is 3.36. The van der Waals surface area contributed by atoms with E-state index in [4.69, 9.17) is 11.6 Å². The van der Waals surface area contributed by atoms with Gasteiger partial charge < -0.3 is 5.32 Å². The van der Waals surface area contributed by atoms with Crippen molar-refractivity contribution in [3.05, 3.63) is 39.6 Å². The Morgan fingerprint density at radius 2 is 2.11 bits per heavy atom. The van der Waals surface area contributed by atoms with Gasteiger partial charge in [0, 0.05) is 23.7 Å². The van der Waals surface area contributed by atoms with Crippen LogP contribution in [0, 0.1) is 0 Å². The van der Waals surface area contributed by atoms with Gasteiger partial charge in [0.25, 0.3) is 0 Å². The van der Waals surface area contributed by atoms with Gasteiger partial charge in [0.1, 0.15) is 0 Å². The summed E-state index contributed by atoms with van der Waals surface area (Å²) in [6.45, 7) is 6.39. The number of thiazole rings is 1. The first-order chi connectivity index (χ1) is 8.58. The first-order valence-electron chi connectivity index (χ1n) is 5.89. The van der Waals surface area contributed by atoms with Crippen molar-refractivity contribution in [2.75, 3.05) is 5.32 Å². The zero-order chi connectivity index (χ0) is 13.1. The highest BCUT2D eigenvalue weighted by atomic mass is 35.5. The molecule has 96 valence electrons. The Balaban J connectivity index is 2.12. The largest absolute Gasteiger partial charge is 0.376 e. The van der Waals surface area contributed by atoms with Crippen LogP contribution in [-0.4, -0.2) is 9.97 Å². The van der Waals surface area contributed by atoms with E-state index >= 15 is 0 Å². The monoisotopic (exact) mass is 281 g/mol. The standard InChI is InChI=1S/C13H16ClN3S/c1-8(2)13-17-12(7-18-13)9(3)16-11-4-5-15-6-10(11)14/h4-9H,1-3H3,(H,15,16). The van der Waals surface area contributed by atoms with Gasteiger partial charge in [-0.05, 0) is 13.0 Å². The number of hydrogen-bond acceptors (Lipinski definition) is 4. The Bertz CT molecular complexity index is 524. The number of halogens is 1. The van der Waals surface area contributed by atoms with E-state index in [2.05, 4.69) is 41.4 Å². The SMILES string of the molecule is CC(C)c1nc(C(C)Nc2ccncc2Cl)cs1. The summed E-state index contributed by atoms with van der Waals surface area (Å²) in [7, 11) is 0. The minimum atomic E-state index is 0.133. The Hall–Kier alpha value is -1.13. The highest BCUT2D eigenvalue weighted by molar-refractivity contribution is 7.09.